The summed E-state index contributed by atoms with van der Waals surface area (Å²) in [7, 11) is 0. The van der Waals surface area contributed by atoms with Crippen molar-refractivity contribution in [3.63, 3.8) is 0 Å². The molecule has 138 valence electrons. The molecule has 0 bridgehead atoms. The zero-order valence-electron chi connectivity index (χ0n) is 14.3. The van der Waals surface area contributed by atoms with Crippen molar-refractivity contribution in [1.29, 1.82) is 0 Å². The molecule has 0 radical (unpaired) electrons. The minimum atomic E-state index is -0.514. The average Bonchev–Trinajstić information content (AvgIpc) is 3.31. The van der Waals surface area contributed by atoms with Crippen molar-refractivity contribution in [2.75, 3.05) is 11.4 Å². The second kappa shape index (κ2) is 7.16. The molecule has 2 heterocycles. The van der Waals surface area contributed by atoms with Gasteiger partial charge in [0.2, 0.25) is 0 Å². The summed E-state index contributed by atoms with van der Waals surface area (Å²) >= 11 is 0. The Morgan fingerprint density at radius 2 is 2.04 bits per heavy atom. The lowest BCUT2D eigenvalue weighted by molar-refractivity contribution is 0.129. The molecule has 7 nitrogen and oxygen atoms in total. The topological polar surface area (TPSA) is 80.5 Å². The lowest BCUT2D eigenvalue weighted by Crippen LogP contribution is -2.26. The molecular weight excluding hydrogens is 351 g/mol. The summed E-state index contributed by atoms with van der Waals surface area (Å²) in [5.41, 5.74) is 2.32. The number of aliphatic hydroxyl groups is 1. The number of anilines is 1. The fraction of sp³-hybridized carbons (Fsp3) is 0.211. The normalized spacial score (nSPS) is 16.6. The highest BCUT2D eigenvalue weighted by Gasteiger charge is 2.33. The molecule has 1 aliphatic rings. The van der Waals surface area contributed by atoms with E-state index in [2.05, 4.69) is 10.3 Å². The molecule has 0 spiro atoms. The number of carbonyl (C=O) groups excluding carboxylic acids is 1. The number of hydrogen-bond donors (Lipinski definition) is 1. The number of benzene rings is 2. The number of nitrogens with zero attached hydrogens (tertiary/aromatic N) is 4. The zero-order valence-corrected chi connectivity index (χ0v) is 14.3. The second-order valence-electron chi connectivity index (χ2n) is 6.26. The van der Waals surface area contributed by atoms with Crippen LogP contribution in [0.1, 0.15) is 5.56 Å². The molecule has 1 unspecified atom stereocenters. The summed E-state index contributed by atoms with van der Waals surface area (Å²) in [4.78, 5) is 13.6. The van der Waals surface area contributed by atoms with Gasteiger partial charge in [0.05, 0.1) is 31.6 Å². The molecule has 1 aromatic heterocycles. The van der Waals surface area contributed by atoms with Crippen LogP contribution in [0, 0.1) is 5.82 Å². The fourth-order valence-electron chi connectivity index (χ4n) is 3.06. The van der Waals surface area contributed by atoms with Gasteiger partial charge in [-0.2, -0.15) is 0 Å². The first-order valence-electron chi connectivity index (χ1n) is 8.46. The van der Waals surface area contributed by atoms with E-state index in [0.717, 1.165) is 5.56 Å². The Kier molecular flexibility index (Phi) is 4.55. The quantitative estimate of drug-likeness (QED) is 0.749. The van der Waals surface area contributed by atoms with Gasteiger partial charge in [0.25, 0.3) is 0 Å². The molecule has 1 saturated heterocycles. The van der Waals surface area contributed by atoms with Crippen molar-refractivity contribution in [3.05, 3.63) is 66.2 Å². The third kappa shape index (κ3) is 3.52. The summed E-state index contributed by atoms with van der Waals surface area (Å²) in [6.07, 6.45) is 2.34. The van der Waals surface area contributed by atoms with Crippen LogP contribution in [0.3, 0.4) is 0 Å². The smallest absolute Gasteiger partial charge is 0.414 e. The Morgan fingerprint density at radius 1 is 1.22 bits per heavy atom. The van der Waals surface area contributed by atoms with Gasteiger partial charge in [0, 0.05) is 11.8 Å². The zero-order chi connectivity index (χ0) is 18.8. The van der Waals surface area contributed by atoms with Crippen molar-refractivity contribution >= 4 is 11.8 Å². The molecular formula is C19H17FN4O3. The lowest BCUT2D eigenvalue weighted by atomic mass is 10.0. The van der Waals surface area contributed by atoms with Crippen LogP contribution < -0.4 is 4.90 Å². The second-order valence-corrected chi connectivity index (χ2v) is 6.26. The van der Waals surface area contributed by atoms with Gasteiger partial charge in [-0.1, -0.05) is 29.5 Å². The van der Waals surface area contributed by atoms with E-state index in [0.29, 0.717) is 29.9 Å². The SMILES string of the molecule is O=C1OC(Cn2ccnn2)CN1c1ccc(-c2ccc(CO)cc2)c(F)c1. The number of cyclic esters (lactones) is 1. The van der Waals surface area contributed by atoms with Crippen LogP contribution in [0.4, 0.5) is 14.9 Å². The minimum absolute atomic E-state index is 0.0610. The maximum atomic E-state index is 14.7. The highest BCUT2D eigenvalue weighted by atomic mass is 19.1. The van der Waals surface area contributed by atoms with Gasteiger partial charge in [-0.25, -0.2) is 13.9 Å². The summed E-state index contributed by atoms with van der Waals surface area (Å²) < 4.78 is 21.6. The van der Waals surface area contributed by atoms with Crippen LogP contribution in [0.2, 0.25) is 0 Å². The Bertz CT molecular complexity index is 944. The minimum Gasteiger partial charge on any atom is -0.442 e. The molecule has 0 saturated carbocycles. The molecule has 27 heavy (non-hydrogen) atoms. The predicted molar refractivity (Wildman–Crippen MR) is 95.4 cm³/mol. The lowest BCUT2D eigenvalue weighted by Gasteiger charge is -2.14. The molecule has 1 fully saturated rings. The summed E-state index contributed by atoms with van der Waals surface area (Å²) in [5.74, 6) is -0.434. The van der Waals surface area contributed by atoms with Gasteiger partial charge in [0.15, 0.2) is 0 Å². The highest BCUT2D eigenvalue weighted by molar-refractivity contribution is 5.90. The van der Waals surface area contributed by atoms with Crippen LogP contribution in [-0.2, 0) is 17.9 Å². The van der Waals surface area contributed by atoms with Crippen LogP contribution in [0.25, 0.3) is 11.1 Å². The number of amides is 1. The number of ether oxygens (including phenoxy) is 1. The molecule has 3 aromatic rings. The van der Waals surface area contributed by atoms with E-state index >= 15 is 0 Å². The Labute approximate surface area is 154 Å². The van der Waals surface area contributed by atoms with Crippen molar-refractivity contribution in [2.45, 2.75) is 19.3 Å². The summed E-state index contributed by atoms with van der Waals surface area (Å²) in [6, 6.07) is 11.6. The Morgan fingerprint density at radius 3 is 2.70 bits per heavy atom. The molecule has 8 heteroatoms. The van der Waals surface area contributed by atoms with Crippen LogP contribution in [0.5, 0.6) is 0 Å². The van der Waals surface area contributed by atoms with Crippen LogP contribution >= 0.6 is 0 Å². The van der Waals surface area contributed by atoms with E-state index in [1.807, 2.05) is 0 Å². The van der Waals surface area contributed by atoms with Gasteiger partial charge in [-0.15, -0.1) is 5.10 Å². The van der Waals surface area contributed by atoms with E-state index in [1.165, 1.54) is 11.0 Å². The Balaban J connectivity index is 1.52. The molecule has 0 aliphatic carbocycles. The van der Waals surface area contributed by atoms with E-state index < -0.39 is 11.9 Å². The maximum absolute atomic E-state index is 14.7. The average molecular weight is 368 g/mol. The van der Waals surface area contributed by atoms with Gasteiger partial charge in [0.1, 0.15) is 11.9 Å². The molecule has 1 atom stereocenters. The van der Waals surface area contributed by atoms with Gasteiger partial charge in [-0.3, -0.25) is 4.90 Å². The van der Waals surface area contributed by atoms with Gasteiger partial charge < -0.3 is 9.84 Å². The number of rotatable bonds is 5. The van der Waals surface area contributed by atoms with Gasteiger partial charge >= 0.3 is 6.09 Å². The summed E-state index contributed by atoms with van der Waals surface area (Å²) in [6.45, 7) is 0.636. The first-order valence-corrected chi connectivity index (χ1v) is 8.46. The van der Waals surface area contributed by atoms with E-state index in [1.54, 1.807) is 53.5 Å². The van der Waals surface area contributed by atoms with Crippen LogP contribution in [0.15, 0.2) is 54.9 Å². The Hall–Kier alpha value is -3.26. The van der Waals surface area contributed by atoms with Gasteiger partial charge in [-0.05, 0) is 29.3 Å². The van der Waals surface area contributed by atoms with Crippen molar-refractivity contribution in [1.82, 2.24) is 15.0 Å². The standard InChI is InChI=1S/C19H17FN4O3/c20-18-9-15(5-6-17(18)14-3-1-13(12-25)2-4-14)24-11-16(27-19(24)26)10-23-8-7-21-22-23/h1-9,16,25H,10-12H2. The van der Waals surface area contributed by atoms with Crippen molar-refractivity contribution in [2.24, 2.45) is 0 Å². The van der Waals surface area contributed by atoms with E-state index in [9.17, 15) is 9.18 Å². The summed E-state index contributed by atoms with van der Waals surface area (Å²) in [5, 5.41) is 16.7. The van der Waals surface area contributed by atoms with E-state index in [-0.39, 0.29) is 12.7 Å². The van der Waals surface area contributed by atoms with Crippen LogP contribution in [-0.4, -0.2) is 38.8 Å². The third-order valence-electron chi connectivity index (χ3n) is 4.45. The molecule has 1 aliphatic heterocycles. The predicted octanol–water partition coefficient (Wildman–Crippen LogP) is 2.60. The number of halogens is 1. The molecule has 1 N–H and O–H groups in total. The largest absolute Gasteiger partial charge is 0.442 e. The monoisotopic (exact) mass is 368 g/mol. The van der Waals surface area contributed by atoms with Crippen molar-refractivity contribution in [3.8, 4) is 11.1 Å². The molecule has 4 rings (SSSR count). The van der Waals surface area contributed by atoms with E-state index in [4.69, 9.17) is 9.84 Å². The number of hydrogen-bond acceptors (Lipinski definition) is 5. The maximum Gasteiger partial charge on any atom is 0.414 e. The number of aliphatic hydroxyl groups excluding tert-OH is 1. The fourth-order valence-corrected chi connectivity index (χ4v) is 3.06. The van der Waals surface area contributed by atoms with Crippen molar-refractivity contribution < 1.29 is 19.0 Å². The number of aromatic nitrogens is 3. The molecule has 2 aromatic carbocycles. The first-order chi connectivity index (χ1) is 13.1. The number of carbonyl (C=O) groups is 1. The third-order valence-corrected chi connectivity index (χ3v) is 4.45. The molecule has 1 amide bonds. The highest BCUT2D eigenvalue weighted by Crippen LogP contribution is 2.29. The first kappa shape index (κ1) is 17.2.